The lowest BCUT2D eigenvalue weighted by molar-refractivity contribution is 0.528. The van der Waals surface area contributed by atoms with Gasteiger partial charge in [-0.15, -0.1) is 0 Å². The van der Waals surface area contributed by atoms with Gasteiger partial charge >= 0.3 is 0 Å². The molecule has 0 radical (unpaired) electrons. The van der Waals surface area contributed by atoms with Crippen LogP contribution < -0.4 is 4.72 Å². The summed E-state index contributed by atoms with van der Waals surface area (Å²) in [5, 5.41) is 0.278. The van der Waals surface area contributed by atoms with Gasteiger partial charge in [-0.1, -0.05) is 40.9 Å². The summed E-state index contributed by atoms with van der Waals surface area (Å²) in [6.07, 6.45) is 0.0803. The fourth-order valence-electron chi connectivity index (χ4n) is 2.72. The standard InChI is InChI=1S/C15H12Cl3NO4S2/c16-9-4-5-14-10(8-9)13(6-7-24(14,20)21)19-25(22,23)15-11(17)2-1-3-12(15)18/h1-5,8,13,19H,6-7H2. The minimum absolute atomic E-state index is 0.0188. The minimum Gasteiger partial charge on any atom is -0.224 e. The molecule has 0 fully saturated rings. The molecule has 2 aromatic rings. The molecule has 0 aliphatic carbocycles. The summed E-state index contributed by atoms with van der Waals surface area (Å²) in [6, 6.07) is 7.90. The topological polar surface area (TPSA) is 80.3 Å². The van der Waals surface area contributed by atoms with Crippen molar-refractivity contribution in [3.05, 3.63) is 57.0 Å². The van der Waals surface area contributed by atoms with Crippen LogP contribution in [0.1, 0.15) is 18.0 Å². The number of hydrogen-bond donors (Lipinski definition) is 1. The van der Waals surface area contributed by atoms with Gasteiger partial charge in [-0.25, -0.2) is 21.6 Å². The monoisotopic (exact) mass is 439 g/mol. The lowest BCUT2D eigenvalue weighted by atomic mass is 10.1. The predicted octanol–water partition coefficient (Wildman–Crippen LogP) is 3.84. The number of sulfonamides is 1. The molecule has 1 N–H and O–H groups in total. The molecular formula is C15H12Cl3NO4S2. The summed E-state index contributed by atoms with van der Waals surface area (Å²) >= 11 is 17.9. The molecule has 134 valence electrons. The van der Waals surface area contributed by atoms with Crippen molar-refractivity contribution in [2.24, 2.45) is 0 Å². The molecule has 0 saturated carbocycles. The molecule has 10 heteroatoms. The van der Waals surface area contributed by atoms with Gasteiger partial charge in [0, 0.05) is 11.1 Å². The van der Waals surface area contributed by atoms with Crippen LogP contribution in [0.15, 0.2) is 46.2 Å². The maximum absolute atomic E-state index is 12.7. The number of sulfone groups is 1. The summed E-state index contributed by atoms with van der Waals surface area (Å²) < 4.78 is 52.4. The zero-order chi connectivity index (χ0) is 18.4. The number of fused-ring (bicyclic) bond motifs is 1. The normalized spacial score (nSPS) is 19.4. The molecule has 2 aromatic carbocycles. The largest absolute Gasteiger partial charge is 0.244 e. The molecular weight excluding hydrogens is 429 g/mol. The van der Waals surface area contributed by atoms with Crippen LogP contribution in [0.3, 0.4) is 0 Å². The molecule has 0 saturated heterocycles. The van der Waals surface area contributed by atoms with E-state index >= 15 is 0 Å². The number of hydrogen-bond acceptors (Lipinski definition) is 4. The molecule has 0 aromatic heterocycles. The van der Waals surface area contributed by atoms with Gasteiger partial charge in [-0.05, 0) is 42.3 Å². The van der Waals surface area contributed by atoms with Crippen molar-refractivity contribution in [1.82, 2.24) is 4.72 Å². The Morgan fingerprint density at radius 1 is 1.04 bits per heavy atom. The third-order valence-electron chi connectivity index (χ3n) is 3.84. The summed E-state index contributed by atoms with van der Waals surface area (Å²) in [4.78, 5) is -0.170. The smallest absolute Gasteiger partial charge is 0.224 e. The van der Waals surface area contributed by atoms with E-state index in [1.807, 2.05) is 0 Å². The van der Waals surface area contributed by atoms with E-state index in [0.717, 1.165) is 0 Å². The van der Waals surface area contributed by atoms with Crippen molar-refractivity contribution in [3.8, 4) is 0 Å². The van der Waals surface area contributed by atoms with E-state index in [1.54, 1.807) is 0 Å². The maximum Gasteiger partial charge on any atom is 0.244 e. The third kappa shape index (κ3) is 3.67. The van der Waals surface area contributed by atoms with Gasteiger partial charge in [-0.3, -0.25) is 0 Å². The molecule has 1 aliphatic rings. The molecule has 25 heavy (non-hydrogen) atoms. The Balaban J connectivity index is 2.06. The lowest BCUT2D eigenvalue weighted by Crippen LogP contribution is -2.34. The second-order valence-corrected chi connectivity index (χ2v) is 10.5. The Morgan fingerprint density at radius 2 is 1.68 bits per heavy atom. The first-order valence-corrected chi connectivity index (χ1v) is 11.4. The first-order valence-electron chi connectivity index (χ1n) is 7.10. The van der Waals surface area contributed by atoms with Crippen molar-refractivity contribution in [3.63, 3.8) is 0 Å². The Hall–Kier alpha value is -0.830. The Kier molecular flexibility index (Phi) is 5.09. The highest BCUT2D eigenvalue weighted by molar-refractivity contribution is 7.91. The Labute approximate surface area is 160 Å². The van der Waals surface area contributed by atoms with Crippen molar-refractivity contribution >= 4 is 54.7 Å². The first kappa shape index (κ1) is 18.9. The van der Waals surface area contributed by atoms with E-state index in [-0.39, 0.29) is 32.0 Å². The van der Waals surface area contributed by atoms with Gasteiger partial charge < -0.3 is 0 Å². The van der Waals surface area contributed by atoms with Crippen LogP contribution in [0.25, 0.3) is 0 Å². The second kappa shape index (κ2) is 6.72. The van der Waals surface area contributed by atoms with Crippen molar-refractivity contribution in [2.75, 3.05) is 5.75 Å². The summed E-state index contributed by atoms with van der Waals surface area (Å²) in [5.74, 6) is -0.176. The van der Waals surface area contributed by atoms with Crippen molar-refractivity contribution in [2.45, 2.75) is 22.3 Å². The van der Waals surface area contributed by atoms with Gasteiger partial charge in [0.2, 0.25) is 10.0 Å². The summed E-state index contributed by atoms with van der Waals surface area (Å²) in [7, 11) is -7.54. The van der Waals surface area contributed by atoms with Crippen molar-refractivity contribution in [1.29, 1.82) is 0 Å². The van der Waals surface area contributed by atoms with Crippen LogP contribution >= 0.6 is 34.8 Å². The van der Waals surface area contributed by atoms with Crippen molar-refractivity contribution < 1.29 is 16.8 Å². The van der Waals surface area contributed by atoms with Crippen LogP contribution in [-0.4, -0.2) is 22.6 Å². The average molecular weight is 441 g/mol. The predicted molar refractivity (Wildman–Crippen MR) is 97.6 cm³/mol. The molecule has 3 rings (SSSR count). The van der Waals surface area contributed by atoms with E-state index in [9.17, 15) is 16.8 Å². The minimum atomic E-state index is -4.07. The number of nitrogens with one attached hydrogen (secondary N) is 1. The molecule has 1 unspecified atom stereocenters. The SMILES string of the molecule is O=S1(=O)CCC(NS(=O)(=O)c2c(Cl)cccc2Cl)c2cc(Cl)ccc21. The van der Waals surface area contributed by atoms with Crippen LogP contribution in [0.5, 0.6) is 0 Å². The van der Waals surface area contributed by atoms with Gasteiger partial charge in [0.05, 0.1) is 20.7 Å². The quantitative estimate of drug-likeness (QED) is 0.786. The summed E-state index contributed by atoms with van der Waals surface area (Å²) in [5.41, 5.74) is 0.311. The Morgan fingerprint density at radius 3 is 2.32 bits per heavy atom. The highest BCUT2D eigenvalue weighted by atomic mass is 35.5. The molecule has 0 amide bonds. The lowest BCUT2D eigenvalue weighted by Gasteiger charge is -2.26. The van der Waals surface area contributed by atoms with Crippen LogP contribution in [0.2, 0.25) is 15.1 Å². The second-order valence-electron chi connectivity index (χ2n) is 5.51. The molecule has 5 nitrogen and oxygen atoms in total. The molecule has 0 bridgehead atoms. The summed E-state index contributed by atoms with van der Waals surface area (Å²) in [6.45, 7) is 0. The molecule has 0 spiro atoms. The van der Waals surface area contributed by atoms with Gasteiger partial charge in [0.1, 0.15) is 4.90 Å². The van der Waals surface area contributed by atoms with Crippen LogP contribution in [-0.2, 0) is 19.9 Å². The van der Waals surface area contributed by atoms with E-state index in [4.69, 9.17) is 34.8 Å². The number of rotatable bonds is 3. The Bertz CT molecular complexity index is 1030. The van der Waals surface area contributed by atoms with Crippen LogP contribution in [0.4, 0.5) is 0 Å². The maximum atomic E-state index is 12.7. The molecule has 1 heterocycles. The highest BCUT2D eigenvalue weighted by Crippen LogP contribution is 2.36. The zero-order valence-electron chi connectivity index (χ0n) is 12.5. The van der Waals surface area contributed by atoms with E-state index in [2.05, 4.69) is 4.72 Å². The number of benzene rings is 2. The van der Waals surface area contributed by atoms with Gasteiger partial charge in [0.15, 0.2) is 9.84 Å². The molecule has 1 aliphatic heterocycles. The fourth-order valence-corrected chi connectivity index (χ4v) is 6.90. The van der Waals surface area contributed by atoms with Crippen LogP contribution in [0, 0.1) is 0 Å². The van der Waals surface area contributed by atoms with Gasteiger partial charge in [0.25, 0.3) is 0 Å². The number of halogens is 3. The van der Waals surface area contributed by atoms with E-state index in [0.29, 0.717) is 10.6 Å². The highest BCUT2D eigenvalue weighted by Gasteiger charge is 2.34. The first-order chi connectivity index (χ1) is 11.6. The average Bonchev–Trinajstić information content (AvgIpc) is 2.49. The van der Waals surface area contributed by atoms with E-state index < -0.39 is 25.9 Å². The third-order valence-corrected chi connectivity index (χ3v) is 8.32. The molecule has 1 atom stereocenters. The van der Waals surface area contributed by atoms with Gasteiger partial charge in [-0.2, -0.15) is 0 Å². The van der Waals surface area contributed by atoms with E-state index in [1.165, 1.54) is 36.4 Å². The zero-order valence-corrected chi connectivity index (χ0v) is 16.4. The fraction of sp³-hybridized carbons (Fsp3) is 0.200.